The smallest absolute Gasteiger partial charge is 0.402 e. The van der Waals surface area contributed by atoms with E-state index in [0.29, 0.717) is 29.4 Å². The molecule has 9 heteroatoms. The summed E-state index contributed by atoms with van der Waals surface area (Å²) in [5.74, 6) is 0.853. The second kappa shape index (κ2) is 8.01. The Morgan fingerprint density at radius 3 is 1.15 bits per heavy atom. The molecule has 0 unspecified atom stereocenters. The topological polar surface area (TPSA) is 18.5 Å². The lowest BCUT2D eigenvalue weighted by Gasteiger charge is -2.34. The molecule has 0 aliphatic heterocycles. The first kappa shape index (κ1) is 22.0. The van der Waals surface area contributed by atoms with E-state index in [0.717, 1.165) is 6.92 Å². The molecule has 2 aromatic carbocycles. The van der Waals surface area contributed by atoms with Gasteiger partial charge in [0, 0.05) is 0 Å². The van der Waals surface area contributed by atoms with Crippen LogP contribution < -0.4 is 9.47 Å². The quantitative estimate of drug-likeness (QED) is 0.348. The molecule has 0 radical (unpaired) electrons. The standard InChI is InChI=1S/C17H13Br4F3O2/c1-16(17(22,23)24,8-4-10(18)14(25-2)11(19)5-8)9-6-12(20)15(26-3)13(21)7-9/h4-7H,1-3H3. The van der Waals surface area contributed by atoms with E-state index in [2.05, 4.69) is 63.7 Å². The van der Waals surface area contributed by atoms with Gasteiger partial charge >= 0.3 is 6.18 Å². The van der Waals surface area contributed by atoms with Crippen molar-refractivity contribution in [3.05, 3.63) is 53.3 Å². The van der Waals surface area contributed by atoms with E-state index in [4.69, 9.17) is 9.47 Å². The van der Waals surface area contributed by atoms with Crippen LogP contribution in [0.3, 0.4) is 0 Å². The normalized spacial score (nSPS) is 12.2. The van der Waals surface area contributed by atoms with Gasteiger partial charge in [-0.25, -0.2) is 0 Å². The third-order valence-corrected chi connectivity index (χ3v) is 6.48. The average Bonchev–Trinajstić information content (AvgIpc) is 2.52. The van der Waals surface area contributed by atoms with E-state index in [9.17, 15) is 13.2 Å². The predicted octanol–water partition coefficient (Wildman–Crippen LogP) is 7.62. The Bertz CT molecular complexity index is 732. The van der Waals surface area contributed by atoms with E-state index >= 15 is 0 Å². The number of ether oxygens (including phenoxy) is 2. The number of hydrogen-bond acceptors (Lipinski definition) is 2. The summed E-state index contributed by atoms with van der Waals surface area (Å²) in [5, 5.41) is 0. The lowest BCUT2D eigenvalue weighted by molar-refractivity contribution is -0.173. The van der Waals surface area contributed by atoms with E-state index in [-0.39, 0.29) is 11.1 Å². The molecular formula is C17H13Br4F3O2. The fraction of sp³-hybridized carbons (Fsp3) is 0.294. The van der Waals surface area contributed by atoms with Gasteiger partial charge in [-0.15, -0.1) is 0 Å². The van der Waals surface area contributed by atoms with Crippen molar-refractivity contribution in [1.29, 1.82) is 0 Å². The SMILES string of the molecule is COc1c(Br)cc(C(C)(c2cc(Br)c(OC)c(Br)c2)C(F)(F)F)cc1Br. The van der Waals surface area contributed by atoms with E-state index < -0.39 is 11.6 Å². The van der Waals surface area contributed by atoms with Crippen LogP contribution in [-0.4, -0.2) is 20.4 Å². The highest BCUT2D eigenvalue weighted by molar-refractivity contribution is 9.11. The monoisotopic (exact) mass is 622 g/mol. The molecule has 0 bridgehead atoms. The summed E-state index contributed by atoms with van der Waals surface area (Å²) in [4.78, 5) is 0. The minimum atomic E-state index is -4.55. The minimum Gasteiger partial charge on any atom is -0.494 e. The Balaban J connectivity index is 2.80. The highest BCUT2D eigenvalue weighted by Gasteiger charge is 2.54. The molecule has 142 valence electrons. The molecule has 0 aliphatic carbocycles. The summed E-state index contributed by atoms with van der Waals surface area (Å²) in [6, 6.07) is 5.68. The van der Waals surface area contributed by atoms with Gasteiger partial charge in [-0.2, -0.15) is 13.2 Å². The van der Waals surface area contributed by atoms with Gasteiger partial charge in [0.05, 0.1) is 32.1 Å². The first-order valence-corrected chi connectivity index (χ1v) is 10.3. The second-order valence-corrected chi connectivity index (χ2v) is 8.99. The van der Waals surface area contributed by atoms with Gasteiger partial charge in [0.2, 0.25) is 0 Å². The van der Waals surface area contributed by atoms with Crippen molar-refractivity contribution < 1.29 is 22.6 Å². The van der Waals surface area contributed by atoms with Crippen LogP contribution in [0, 0.1) is 0 Å². The van der Waals surface area contributed by atoms with Crippen molar-refractivity contribution in [2.45, 2.75) is 18.5 Å². The zero-order valence-corrected chi connectivity index (χ0v) is 20.1. The van der Waals surface area contributed by atoms with Crippen molar-refractivity contribution in [1.82, 2.24) is 0 Å². The van der Waals surface area contributed by atoms with E-state index in [1.54, 1.807) is 0 Å². The molecule has 0 spiro atoms. The Labute approximate surface area is 183 Å². The van der Waals surface area contributed by atoms with Gasteiger partial charge in [0.15, 0.2) is 0 Å². The molecule has 2 aromatic rings. The largest absolute Gasteiger partial charge is 0.494 e. The number of hydrogen-bond donors (Lipinski definition) is 0. The molecule has 0 fully saturated rings. The Morgan fingerprint density at radius 2 is 0.962 bits per heavy atom. The van der Waals surface area contributed by atoms with Crippen LogP contribution in [0.2, 0.25) is 0 Å². The highest BCUT2D eigenvalue weighted by Crippen LogP contribution is 2.51. The Morgan fingerprint density at radius 1 is 0.692 bits per heavy atom. The predicted molar refractivity (Wildman–Crippen MR) is 109 cm³/mol. The van der Waals surface area contributed by atoms with Crippen LogP contribution in [0.4, 0.5) is 13.2 Å². The second-order valence-electron chi connectivity index (χ2n) is 5.57. The van der Waals surface area contributed by atoms with Crippen LogP contribution in [0.5, 0.6) is 11.5 Å². The lowest BCUT2D eigenvalue weighted by Crippen LogP contribution is -2.40. The lowest BCUT2D eigenvalue weighted by atomic mass is 9.75. The van der Waals surface area contributed by atoms with Gasteiger partial charge in [0.1, 0.15) is 16.9 Å². The first-order valence-electron chi connectivity index (χ1n) is 7.11. The molecule has 0 saturated heterocycles. The zero-order valence-electron chi connectivity index (χ0n) is 13.8. The molecule has 0 saturated carbocycles. The van der Waals surface area contributed by atoms with Crippen LogP contribution in [0.15, 0.2) is 42.2 Å². The first-order chi connectivity index (χ1) is 12.0. The molecule has 0 heterocycles. The van der Waals surface area contributed by atoms with E-state index in [1.165, 1.54) is 38.5 Å². The molecule has 0 N–H and O–H groups in total. The fourth-order valence-electron chi connectivity index (χ4n) is 2.58. The summed E-state index contributed by atoms with van der Waals surface area (Å²) in [6.45, 7) is 1.15. The van der Waals surface area contributed by atoms with E-state index in [1.807, 2.05) is 0 Å². The van der Waals surface area contributed by atoms with Crippen LogP contribution in [-0.2, 0) is 5.41 Å². The van der Waals surface area contributed by atoms with Crippen LogP contribution >= 0.6 is 63.7 Å². The zero-order chi connectivity index (χ0) is 19.9. The maximum Gasteiger partial charge on any atom is 0.402 e. The fourth-order valence-corrected chi connectivity index (χ4v) is 5.60. The summed E-state index contributed by atoms with van der Waals surface area (Å²) in [7, 11) is 2.90. The number of benzene rings is 2. The average molecular weight is 626 g/mol. The Kier molecular flexibility index (Phi) is 6.79. The molecule has 26 heavy (non-hydrogen) atoms. The van der Waals surface area contributed by atoms with Crippen molar-refractivity contribution in [3.63, 3.8) is 0 Å². The number of rotatable bonds is 4. The van der Waals surface area contributed by atoms with Crippen LogP contribution in [0.25, 0.3) is 0 Å². The molecule has 2 rings (SSSR count). The third-order valence-electron chi connectivity index (χ3n) is 4.13. The van der Waals surface area contributed by atoms with Crippen molar-refractivity contribution in [2.75, 3.05) is 14.2 Å². The van der Waals surface area contributed by atoms with Crippen molar-refractivity contribution >= 4 is 63.7 Å². The number of alkyl halides is 3. The molecule has 2 nitrogen and oxygen atoms in total. The third kappa shape index (κ3) is 3.82. The molecule has 0 amide bonds. The van der Waals surface area contributed by atoms with Gasteiger partial charge in [-0.3, -0.25) is 0 Å². The van der Waals surface area contributed by atoms with Gasteiger partial charge < -0.3 is 9.47 Å². The van der Waals surface area contributed by atoms with Crippen molar-refractivity contribution in [2.24, 2.45) is 0 Å². The molecular weight excluding hydrogens is 613 g/mol. The molecule has 0 aliphatic rings. The summed E-state index contributed by atoms with van der Waals surface area (Å²) in [6.07, 6.45) is -4.55. The van der Waals surface area contributed by atoms with Gasteiger partial charge in [-0.05, 0) is 106 Å². The number of halogens is 7. The summed E-state index contributed by atoms with van der Waals surface area (Å²) in [5.41, 5.74) is -2.14. The molecule has 0 atom stereocenters. The Hall–Kier alpha value is -0.250. The van der Waals surface area contributed by atoms with Crippen molar-refractivity contribution in [3.8, 4) is 11.5 Å². The minimum absolute atomic E-state index is 0.0634. The maximum absolute atomic E-state index is 14.2. The molecule has 0 aromatic heterocycles. The maximum atomic E-state index is 14.2. The van der Waals surface area contributed by atoms with Crippen LogP contribution in [0.1, 0.15) is 18.1 Å². The number of methoxy groups -OCH3 is 2. The summed E-state index contributed by atoms with van der Waals surface area (Å²) >= 11 is 13.1. The van der Waals surface area contributed by atoms with Gasteiger partial charge in [0.25, 0.3) is 0 Å². The van der Waals surface area contributed by atoms with Gasteiger partial charge in [-0.1, -0.05) is 0 Å². The highest BCUT2D eigenvalue weighted by atomic mass is 79.9. The summed E-state index contributed by atoms with van der Waals surface area (Å²) < 4.78 is 54.8.